The lowest BCUT2D eigenvalue weighted by Crippen LogP contribution is -2.17. The summed E-state index contributed by atoms with van der Waals surface area (Å²) in [7, 11) is 0. The highest BCUT2D eigenvalue weighted by molar-refractivity contribution is 9.13. The summed E-state index contributed by atoms with van der Waals surface area (Å²) in [5.41, 5.74) is 0. The summed E-state index contributed by atoms with van der Waals surface area (Å²) in [6.07, 6.45) is -4.74. The molecule has 0 saturated carbocycles. The molecule has 0 spiro atoms. The molecule has 0 aliphatic heterocycles. The van der Waals surface area contributed by atoms with Gasteiger partial charge in [0.05, 0.1) is 5.02 Å². The summed E-state index contributed by atoms with van der Waals surface area (Å²) in [4.78, 5) is 0. The van der Waals surface area contributed by atoms with Crippen molar-refractivity contribution in [3.8, 4) is 5.75 Å². The summed E-state index contributed by atoms with van der Waals surface area (Å²) in [6, 6.07) is 2.45. The number of hydrogen-bond acceptors (Lipinski definition) is 1. The first-order valence-corrected chi connectivity index (χ1v) is 5.16. The fourth-order valence-corrected chi connectivity index (χ4v) is 1.71. The topological polar surface area (TPSA) is 9.23 Å². The Hall–Kier alpha value is 0.0600. The van der Waals surface area contributed by atoms with E-state index in [1.165, 1.54) is 6.07 Å². The van der Waals surface area contributed by atoms with Crippen molar-refractivity contribution in [2.45, 2.75) is 6.36 Å². The third kappa shape index (κ3) is 3.33. The molecular formula is C7H2Br2ClF3O. The molecular weight excluding hydrogens is 352 g/mol. The van der Waals surface area contributed by atoms with Crippen molar-refractivity contribution in [3.05, 3.63) is 26.1 Å². The van der Waals surface area contributed by atoms with Crippen LogP contribution in [0.4, 0.5) is 13.2 Å². The Labute approximate surface area is 99.4 Å². The molecule has 1 nitrogen and oxygen atoms in total. The summed E-state index contributed by atoms with van der Waals surface area (Å²) < 4.78 is 40.2. The molecule has 78 valence electrons. The first kappa shape index (κ1) is 12.1. The average molecular weight is 354 g/mol. The molecule has 0 aliphatic rings. The van der Waals surface area contributed by atoms with Crippen LogP contribution in [0.2, 0.25) is 5.02 Å². The van der Waals surface area contributed by atoms with E-state index in [0.717, 1.165) is 6.07 Å². The van der Waals surface area contributed by atoms with E-state index in [-0.39, 0.29) is 5.02 Å². The van der Waals surface area contributed by atoms with Gasteiger partial charge in [0.1, 0.15) is 5.75 Å². The van der Waals surface area contributed by atoms with Gasteiger partial charge in [0, 0.05) is 8.95 Å². The number of halogens is 6. The highest BCUT2D eigenvalue weighted by atomic mass is 79.9. The first-order chi connectivity index (χ1) is 6.29. The third-order valence-electron chi connectivity index (χ3n) is 1.20. The predicted molar refractivity (Wildman–Crippen MR) is 53.5 cm³/mol. The van der Waals surface area contributed by atoms with E-state index in [9.17, 15) is 13.2 Å². The van der Waals surface area contributed by atoms with Gasteiger partial charge in [0.25, 0.3) is 0 Å². The molecule has 0 fully saturated rings. The minimum atomic E-state index is -4.74. The van der Waals surface area contributed by atoms with Crippen molar-refractivity contribution >= 4 is 43.5 Å². The Balaban J connectivity index is 3.04. The average Bonchev–Trinajstić information content (AvgIpc) is 1.97. The molecule has 0 unspecified atom stereocenters. The summed E-state index contributed by atoms with van der Waals surface area (Å²) >= 11 is 11.7. The van der Waals surface area contributed by atoms with E-state index >= 15 is 0 Å². The predicted octanol–water partition coefficient (Wildman–Crippen LogP) is 4.76. The number of benzene rings is 1. The number of alkyl halides is 3. The van der Waals surface area contributed by atoms with E-state index in [1.807, 2.05) is 0 Å². The fourth-order valence-electron chi connectivity index (χ4n) is 0.707. The summed E-state index contributed by atoms with van der Waals surface area (Å²) in [6.45, 7) is 0. The Bertz CT molecular complexity index is 354. The molecule has 0 amide bonds. The molecule has 0 saturated heterocycles. The summed E-state index contributed by atoms with van der Waals surface area (Å²) in [5.74, 6) is -0.436. The van der Waals surface area contributed by atoms with Gasteiger partial charge in [-0.2, -0.15) is 0 Å². The Kier molecular flexibility index (Phi) is 3.71. The van der Waals surface area contributed by atoms with E-state index in [1.54, 1.807) is 0 Å². The van der Waals surface area contributed by atoms with Crippen LogP contribution in [-0.4, -0.2) is 6.36 Å². The van der Waals surface area contributed by atoms with Crippen molar-refractivity contribution in [1.82, 2.24) is 0 Å². The van der Waals surface area contributed by atoms with Crippen molar-refractivity contribution in [2.75, 3.05) is 0 Å². The van der Waals surface area contributed by atoms with Crippen LogP contribution in [0, 0.1) is 0 Å². The van der Waals surface area contributed by atoms with E-state index in [2.05, 4.69) is 36.6 Å². The highest BCUT2D eigenvalue weighted by Crippen LogP contribution is 2.36. The third-order valence-corrected chi connectivity index (χ3v) is 3.34. The monoisotopic (exact) mass is 352 g/mol. The molecule has 7 heteroatoms. The largest absolute Gasteiger partial charge is 0.573 e. The zero-order valence-corrected chi connectivity index (χ0v) is 10.3. The van der Waals surface area contributed by atoms with Crippen molar-refractivity contribution < 1.29 is 17.9 Å². The zero-order valence-electron chi connectivity index (χ0n) is 6.33. The zero-order chi connectivity index (χ0) is 10.9. The van der Waals surface area contributed by atoms with Crippen LogP contribution in [0.3, 0.4) is 0 Å². The van der Waals surface area contributed by atoms with Crippen LogP contribution in [0.5, 0.6) is 5.75 Å². The molecule has 0 atom stereocenters. The van der Waals surface area contributed by atoms with Crippen molar-refractivity contribution in [2.24, 2.45) is 0 Å². The van der Waals surface area contributed by atoms with Gasteiger partial charge < -0.3 is 4.74 Å². The SMILES string of the molecule is FC(F)(F)Oc1cc(Br)c(Br)cc1Cl. The number of hydrogen-bond donors (Lipinski definition) is 0. The van der Waals surface area contributed by atoms with Gasteiger partial charge in [-0.25, -0.2) is 0 Å². The van der Waals surface area contributed by atoms with Gasteiger partial charge in [-0.05, 0) is 44.0 Å². The van der Waals surface area contributed by atoms with Crippen LogP contribution in [0.1, 0.15) is 0 Å². The van der Waals surface area contributed by atoms with Crippen LogP contribution in [-0.2, 0) is 0 Å². The minimum Gasteiger partial charge on any atom is -0.404 e. The lowest BCUT2D eigenvalue weighted by molar-refractivity contribution is -0.274. The Morgan fingerprint density at radius 1 is 1.14 bits per heavy atom. The van der Waals surface area contributed by atoms with Crippen LogP contribution in [0.25, 0.3) is 0 Å². The van der Waals surface area contributed by atoms with Crippen molar-refractivity contribution in [3.63, 3.8) is 0 Å². The Morgan fingerprint density at radius 2 is 1.64 bits per heavy atom. The van der Waals surface area contributed by atoms with Crippen LogP contribution < -0.4 is 4.74 Å². The van der Waals surface area contributed by atoms with Gasteiger partial charge in [-0.15, -0.1) is 13.2 Å². The molecule has 0 heterocycles. The van der Waals surface area contributed by atoms with Crippen LogP contribution >= 0.6 is 43.5 Å². The standard InChI is InChI=1S/C7H2Br2ClF3O/c8-3-1-5(10)6(2-4(3)9)14-7(11,12)13/h1-2H. The highest BCUT2D eigenvalue weighted by Gasteiger charge is 2.32. The molecule has 1 rings (SSSR count). The molecule has 14 heavy (non-hydrogen) atoms. The second kappa shape index (κ2) is 4.28. The Morgan fingerprint density at radius 3 is 2.14 bits per heavy atom. The number of ether oxygens (including phenoxy) is 1. The van der Waals surface area contributed by atoms with E-state index in [0.29, 0.717) is 8.95 Å². The van der Waals surface area contributed by atoms with Gasteiger partial charge in [-0.3, -0.25) is 0 Å². The van der Waals surface area contributed by atoms with E-state index in [4.69, 9.17) is 11.6 Å². The normalized spacial score (nSPS) is 11.6. The molecule has 1 aromatic rings. The second-order valence-electron chi connectivity index (χ2n) is 2.24. The smallest absolute Gasteiger partial charge is 0.404 e. The first-order valence-electron chi connectivity index (χ1n) is 3.20. The van der Waals surface area contributed by atoms with Gasteiger partial charge in [0.2, 0.25) is 0 Å². The summed E-state index contributed by atoms with van der Waals surface area (Å²) in [5, 5.41) is -0.114. The second-order valence-corrected chi connectivity index (χ2v) is 4.36. The quantitative estimate of drug-likeness (QED) is 0.661. The fraction of sp³-hybridized carbons (Fsp3) is 0.143. The van der Waals surface area contributed by atoms with Crippen molar-refractivity contribution in [1.29, 1.82) is 0 Å². The molecule has 1 aromatic carbocycles. The van der Waals surface area contributed by atoms with Crippen LogP contribution in [0.15, 0.2) is 21.1 Å². The van der Waals surface area contributed by atoms with E-state index < -0.39 is 12.1 Å². The lowest BCUT2D eigenvalue weighted by Gasteiger charge is -2.11. The van der Waals surface area contributed by atoms with Gasteiger partial charge in [0.15, 0.2) is 0 Å². The minimum absolute atomic E-state index is 0.114. The maximum absolute atomic E-state index is 11.8. The van der Waals surface area contributed by atoms with Gasteiger partial charge >= 0.3 is 6.36 Å². The molecule has 0 radical (unpaired) electrons. The maximum Gasteiger partial charge on any atom is 0.573 e. The molecule has 0 N–H and O–H groups in total. The molecule has 0 aromatic heterocycles. The molecule has 0 bridgehead atoms. The molecule has 0 aliphatic carbocycles. The lowest BCUT2D eigenvalue weighted by atomic mass is 10.3. The van der Waals surface area contributed by atoms with Gasteiger partial charge in [-0.1, -0.05) is 11.6 Å². The maximum atomic E-state index is 11.8. The number of rotatable bonds is 1.